The molecule has 0 fully saturated rings. The molecule has 0 aliphatic heterocycles. The van der Waals surface area contributed by atoms with Gasteiger partial charge in [-0.2, -0.15) is 0 Å². The van der Waals surface area contributed by atoms with Crippen molar-refractivity contribution in [2.24, 2.45) is 0 Å². The molecule has 0 aromatic rings. The highest BCUT2D eigenvalue weighted by atomic mass is 16.5. The fourth-order valence-corrected chi connectivity index (χ4v) is 8.30. The predicted molar refractivity (Wildman–Crippen MR) is 260 cm³/mol. The molecular formula is C52H102N4O6. The molecule has 0 bridgehead atoms. The molecule has 0 radical (unpaired) electrons. The van der Waals surface area contributed by atoms with Gasteiger partial charge in [-0.15, -0.1) is 0 Å². The van der Waals surface area contributed by atoms with E-state index in [9.17, 15) is 19.2 Å². The molecule has 0 aromatic heterocycles. The molecule has 10 heteroatoms. The number of hydrogen-bond acceptors (Lipinski definition) is 8. The molecule has 0 rings (SSSR count). The molecule has 2 amide bonds. The molecule has 0 aliphatic rings. The molecule has 10 nitrogen and oxygen atoms in total. The number of rotatable bonds is 47. The molecule has 0 spiro atoms. The topological polar surface area (TPSA) is 126 Å². The minimum atomic E-state index is -0.896. The number of nitrogens with zero attached hydrogens (tertiary/aromatic N) is 1. The summed E-state index contributed by atoms with van der Waals surface area (Å²) >= 11 is 0. The Morgan fingerprint density at radius 2 is 0.758 bits per heavy atom. The Morgan fingerprint density at radius 3 is 1.16 bits per heavy atom. The summed E-state index contributed by atoms with van der Waals surface area (Å²) in [6.07, 6.45) is 39.2. The third kappa shape index (κ3) is 37.2. The van der Waals surface area contributed by atoms with E-state index >= 15 is 0 Å². The summed E-state index contributed by atoms with van der Waals surface area (Å²) in [5, 5.41) is 8.29. The molecule has 0 aromatic carbocycles. The van der Waals surface area contributed by atoms with Crippen LogP contribution in [0.4, 0.5) is 0 Å². The van der Waals surface area contributed by atoms with Crippen molar-refractivity contribution < 1.29 is 28.7 Å². The van der Waals surface area contributed by atoms with Gasteiger partial charge >= 0.3 is 11.9 Å². The minimum Gasteiger partial charge on any atom is -0.462 e. The van der Waals surface area contributed by atoms with E-state index in [2.05, 4.69) is 48.5 Å². The van der Waals surface area contributed by atoms with Gasteiger partial charge in [0.1, 0.15) is 12.2 Å². The van der Waals surface area contributed by atoms with Gasteiger partial charge in [0, 0.05) is 26.9 Å². The quantitative estimate of drug-likeness (QED) is 0.0313. The van der Waals surface area contributed by atoms with Crippen LogP contribution in [0.25, 0.3) is 0 Å². The standard InChI is InChI=1S/C52H102N4O6/c1-7-11-14-17-22-29-37-46(10-4)61-48(57)40-32-25-20-27-34-43-56(45-36-42-55-50(51(59)53-5)52(60)54-6)44-35-28-21-26-33-41-49(58)62-47(38-30-23-18-15-12-8-2)39-31-24-19-16-13-9-3/h46-47,50,55H,7-45H2,1-6H3,(H,53,59)(H,54,60). The number of esters is 2. The smallest absolute Gasteiger partial charge is 0.306 e. The molecule has 366 valence electrons. The summed E-state index contributed by atoms with van der Waals surface area (Å²) in [7, 11) is 3.09. The monoisotopic (exact) mass is 879 g/mol. The van der Waals surface area contributed by atoms with E-state index in [1.165, 1.54) is 96.3 Å². The van der Waals surface area contributed by atoms with Crippen LogP contribution in [0.2, 0.25) is 0 Å². The third-order valence-electron chi connectivity index (χ3n) is 12.4. The van der Waals surface area contributed by atoms with Crippen molar-refractivity contribution in [1.82, 2.24) is 20.9 Å². The highest BCUT2D eigenvalue weighted by Crippen LogP contribution is 2.19. The fraction of sp³-hybridized carbons (Fsp3) is 0.923. The second kappa shape index (κ2) is 45.4. The lowest BCUT2D eigenvalue weighted by Crippen LogP contribution is -2.52. The lowest BCUT2D eigenvalue weighted by molar-refractivity contribution is -0.150. The van der Waals surface area contributed by atoms with E-state index in [0.717, 1.165) is 135 Å². The summed E-state index contributed by atoms with van der Waals surface area (Å²) in [4.78, 5) is 52.4. The van der Waals surface area contributed by atoms with Crippen molar-refractivity contribution in [1.29, 1.82) is 0 Å². The van der Waals surface area contributed by atoms with Crippen molar-refractivity contribution in [3.05, 3.63) is 0 Å². The Bertz CT molecular complexity index is 1010. The van der Waals surface area contributed by atoms with Crippen molar-refractivity contribution in [2.45, 2.75) is 271 Å². The van der Waals surface area contributed by atoms with Gasteiger partial charge in [-0.25, -0.2) is 0 Å². The van der Waals surface area contributed by atoms with Gasteiger partial charge in [0.2, 0.25) is 11.8 Å². The van der Waals surface area contributed by atoms with Crippen molar-refractivity contribution in [2.75, 3.05) is 40.3 Å². The summed E-state index contributed by atoms with van der Waals surface area (Å²) < 4.78 is 11.9. The maximum Gasteiger partial charge on any atom is 0.306 e. The van der Waals surface area contributed by atoms with Crippen molar-refractivity contribution >= 4 is 23.8 Å². The SMILES string of the molecule is CCCCCCCCC(CC)OC(=O)CCCCCCCN(CCCCCCCC(=O)OC(CCCCCCCC)CCCCCCCC)CCCNC(C(=O)NC)C(=O)NC. The van der Waals surface area contributed by atoms with Crippen LogP contribution < -0.4 is 16.0 Å². The number of likely N-dealkylation sites (N-methyl/N-ethyl adjacent to an activating group) is 2. The maximum absolute atomic E-state index is 12.9. The summed E-state index contributed by atoms with van der Waals surface area (Å²) in [6.45, 7) is 12.4. The molecule has 0 heterocycles. The molecule has 3 N–H and O–H groups in total. The van der Waals surface area contributed by atoms with Gasteiger partial charge in [-0.3, -0.25) is 24.5 Å². The molecule has 1 unspecified atom stereocenters. The number of carbonyl (C=O) groups is 4. The van der Waals surface area contributed by atoms with Crippen LogP contribution >= 0.6 is 0 Å². The second-order valence-electron chi connectivity index (χ2n) is 18.1. The molecule has 0 saturated carbocycles. The Morgan fingerprint density at radius 1 is 0.419 bits per heavy atom. The second-order valence-corrected chi connectivity index (χ2v) is 18.1. The zero-order valence-corrected chi connectivity index (χ0v) is 41.7. The van der Waals surface area contributed by atoms with Crippen LogP contribution in [0.5, 0.6) is 0 Å². The zero-order valence-electron chi connectivity index (χ0n) is 41.7. The van der Waals surface area contributed by atoms with E-state index < -0.39 is 6.04 Å². The first-order valence-corrected chi connectivity index (χ1v) is 26.5. The molecular weight excluding hydrogens is 777 g/mol. The zero-order chi connectivity index (χ0) is 45.7. The van der Waals surface area contributed by atoms with Gasteiger partial charge in [-0.05, 0) is 103 Å². The molecule has 0 aliphatic carbocycles. The number of amides is 2. The Hall–Kier alpha value is -2.20. The van der Waals surface area contributed by atoms with Gasteiger partial charge < -0.3 is 25.0 Å². The van der Waals surface area contributed by atoms with E-state index in [0.29, 0.717) is 19.4 Å². The lowest BCUT2D eigenvalue weighted by atomic mass is 10.0. The summed E-state index contributed by atoms with van der Waals surface area (Å²) in [5.41, 5.74) is 0. The van der Waals surface area contributed by atoms with Gasteiger partial charge in [-0.1, -0.05) is 163 Å². The minimum absolute atomic E-state index is 0.00862. The number of carbonyl (C=O) groups excluding carboxylic acids is 4. The van der Waals surface area contributed by atoms with Crippen LogP contribution in [0.15, 0.2) is 0 Å². The molecule has 0 saturated heterocycles. The van der Waals surface area contributed by atoms with Gasteiger partial charge in [0.05, 0.1) is 0 Å². The van der Waals surface area contributed by atoms with E-state index in [1.807, 2.05) is 0 Å². The first-order chi connectivity index (χ1) is 30.3. The van der Waals surface area contributed by atoms with E-state index in [-0.39, 0.29) is 36.0 Å². The van der Waals surface area contributed by atoms with Crippen molar-refractivity contribution in [3.8, 4) is 0 Å². The highest BCUT2D eigenvalue weighted by molar-refractivity contribution is 6.04. The van der Waals surface area contributed by atoms with Crippen LogP contribution in [0.1, 0.15) is 252 Å². The van der Waals surface area contributed by atoms with E-state index in [1.54, 1.807) is 14.1 Å². The number of hydrogen-bond donors (Lipinski definition) is 3. The highest BCUT2D eigenvalue weighted by Gasteiger charge is 2.24. The Balaban J connectivity index is 4.70. The first kappa shape index (κ1) is 59.8. The van der Waals surface area contributed by atoms with Crippen LogP contribution in [-0.4, -0.2) is 87.2 Å². The number of unbranched alkanes of at least 4 members (excludes halogenated alkanes) is 23. The first-order valence-electron chi connectivity index (χ1n) is 26.5. The summed E-state index contributed by atoms with van der Waals surface area (Å²) in [6, 6.07) is -0.896. The van der Waals surface area contributed by atoms with Crippen LogP contribution in [0.3, 0.4) is 0 Å². The van der Waals surface area contributed by atoms with Gasteiger partial charge in [0.25, 0.3) is 0 Å². The largest absolute Gasteiger partial charge is 0.462 e. The number of ether oxygens (including phenoxy) is 2. The van der Waals surface area contributed by atoms with Gasteiger partial charge in [0.15, 0.2) is 6.04 Å². The third-order valence-corrected chi connectivity index (χ3v) is 12.4. The number of nitrogens with one attached hydrogen (secondary N) is 3. The summed E-state index contributed by atoms with van der Waals surface area (Å²) in [5.74, 6) is -0.709. The lowest BCUT2D eigenvalue weighted by Gasteiger charge is -2.23. The molecule has 62 heavy (non-hydrogen) atoms. The Kier molecular flexibility index (Phi) is 43.8. The predicted octanol–water partition coefficient (Wildman–Crippen LogP) is 12.3. The average Bonchev–Trinajstić information content (AvgIpc) is 3.27. The fourth-order valence-electron chi connectivity index (χ4n) is 8.30. The maximum atomic E-state index is 12.9. The van der Waals surface area contributed by atoms with E-state index in [4.69, 9.17) is 9.47 Å². The van der Waals surface area contributed by atoms with Crippen molar-refractivity contribution in [3.63, 3.8) is 0 Å². The average molecular weight is 879 g/mol. The Labute approximate surface area is 383 Å². The van der Waals surface area contributed by atoms with Crippen LogP contribution in [0, 0.1) is 0 Å². The normalized spacial score (nSPS) is 12.0. The molecule has 1 atom stereocenters. The van der Waals surface area contributed by atoms with Crippen LogP contribution in [-0.2, 0) is 28.7 Å².